The van der Waals surface area contributed by atoms with E-state index in [0.717, 1.165) is 11.4 Å². The zero-order valence-electron chi connectivity index (χ0n) is 8.10. The van der Waals surface area contributed by atoms with Gasteiger partial charge in [-0.05, 0) is 19.9 Å². The van der Waals surface area contributed by atoms with Crippen molar-refractivity contribution >= 4 is 5.82 Å². The van der Waals surface area contributed by atoms with Crippen LogP contribution in [0.3, 0.4) is 0 Å². The van der Waals surface area contributed by atoms with E-state index in [1.165, 1.54) is 0 Å². The second-order valence-electron chi connectivity index (χ2n) is 3.10. The van der Waals surface area contributed by atoms with Crippen molar-refractivity contribution in [1.29, 1.82) is 0 Å². The number of nitrogen functional groups attached to an aromatic ring is 1. The number of hydrogen-bond acceptors (Lipinski definition) is 4. The number of aryl methyl sites for hydroxylation is 2. The Bertz CT molecular complexity index is 460. The largest absolute Gasteiger partial charge is 0.381 e. The molecule has 0 unspecified atom stereocenters. The molecule has 5 heteroatoms. The number of anilines is 1. The summed E-state index contributed by atoms with van der Waals surface area (Å²) in [4.78, 5) is 8.10. The topological polar surface area (TPSA) is 69.6 Å². The summed E-state index contributed by atoms with van der Waals surface area (Å²) in [5, 5.41) is 4.28. The van der Waals surface area contributed by atoms with Crippen molar-refractivity contribution in [3.8, 4) is 5.82 Å². The Morgan fingerprint density at radius 1 is 1.21 bits per heavy atom. The molecule has 0 aliphatic heterocycles. The third-order valence-corrected chi connectivity index (χ3v) is 1.92. The number of nitrogens with two attached hydrogens (primary N) is 1. The van der Waals surface area contributed by atoms with Crippen LogP contribution in [0.15, 0.2) is 18.5 Å². The lowest BCUT2D eigenvalue weighted by molar-refractivity contribution is 0.803. The van der Waals surface area contributed by atoms with Gasteiger partial charge in [-0.1, -0.05) is 0 Å². The summed E-state index contributed by atoms with van der Waals surface area (Å²) < 4.78 is 1.69. The van der Waals surface area contributed by atoms with E-state index >= 15 is 0 Å². The molecule has 0 fully saturated rings. The van der Waals surface area contributed by atoms with Gasteiger partial charge < -0.3 is 5.73 Å². The maximum Gasteiger partial charge on any atom is 0.196 e. The molecule has 0 atom stereocenters. The standard InChI is InChI=1S/C9H11N5/c1-6-5-7(2)14(13-6)9-8(10)11-3-4-12-9/h3-5H,1-2H3,(H2,10,11). The van der Waals surface area contributed by atoms with E-state index < -0.39 is 0 Å². The molecular weight excluding hydrogens is 178 g/mol. The summed E-state index contributed by atoms with van der Waals surface area (Å²) in [6.07, 6.45) is 3.16. The molecule has 0 radical (unpaired) electrons. The fourth-order valence-electron chi connectivity index (χ4n) is 1.35. The molecule has 0 bridgehead atoms. The van der Waals surface area contributed by atoms with Gasteiger partial charge in [-0.25, -0.2) is 14.6 Å². The molecule has 0 aromatic carbocycles. The summed E-state index contributed by atoms with van der Waals surface area (Å²) in [6, 6.07) is 1.97. The van der Waals surface area contributed by atoms with Crippen LogP contribution in [-0.2, 0) is 0 Å². The van der Waals surface area contributed by atoms with Crippen molar-refractivity contribution in [3.05, 3.63) is 29.8 Å². The van der Waals surface area contributed by atoms with Gasteiger partial charge in [-0.15, -0.1) is 0 Å². The zero-order chi connectivity index (χ0) is 10.1. The molecule has 72 valence electrons. The Kier molecular flexibility index (Phi) is 1.92. The summed E-state index contributed by atoms with van der Waals surface area (Å²) in [5.41, 5.74) is 7.63. The maximum absolute atomic E-state index is 5.70. The van der Waals surface area contributed by atoms with Crippen molar-refractivity contribution in [3.63, 3.8) is 0 Å². The highest BCUT2D eigenvalue weighted by Crippen LogP contribution is 2.12. The van der Waals surface area contributed by atoms with E-state index in [0.29, 0.717) is 11.6 Å². The van der Waals surface area contributed by atoms with E-state index in [1.54, 1.807) is 17.1 Å². The van der Waals surface area contributed by atoms with Crippen molar-refractivity contribution in [2.75, 3.05) is 5.73 Å². The van der Waals surface area contributed by atoms with Gasteiger partial charge in [0.2, 0.25) is 0 Å². The van der Waals surface area contributed by atoms with E-state index in [1.807, 2.05) is 19.9 Å². The predicted octanol–water partition coefficient (Wildman–Crippen LogP) is 0.861. The molecular formula is C9H11N5. The second kappa shape index (κ2) is 3.10. The van der Waals surface area contributed by atoms with Crippen molar-refractivity contribution in [1.82, 2.24) is 19.7 Å². The molecule has 2 aromatic heterocycles. The zero-order valence-corrected chi connectivity index (χ0v) is 8.10. The van der Waals surface area contributed by atoms with Crippen LogP contribution < -0.4 is 5.73 Å². The van der Waals surface area contributed by atoms with Crippen LogP contribution >= 0.6 is 0 Å². The monoisotopic (exact) mass is 189 g/mol. The van der Waals surface area contributed by atoms with Crippen molar-refractivity contribution in [2.24, 2.45) is 0 Å². The number of hydrogen-bond donors (Lipinski definition) is 1. The highest BCUT2D eigenvalue weighted by molar-refractivity contribution is 5.46. The molecule has 14 heavy (non-hydrogen) atoms. The van der Waals surface area contributed by atoms with Crippen LogP contribution in [0.25, 0.3) is 5.82 Å². The summed E-state index contributed by atoms with van der Waals surface area (Å²) >= 11 is 0. The highest BCUT2D eigenvalue weighted by Gasteiger charge is 2.08. The van der Waals surface area contributed by atoms with E-state index in [2.05, 4.69) is 15.1 Å². The summed E-state index contributed by atoms with van der Waals surface area (Å²) in [7, 11) is 0. The number of nitrogens with zero attached hydrogens (tertiary/aromatic N) is 4. The molecule has 0 aliphatic carbocycles. The first-order valence-electron chi connectivity index (χ1n) is 4.28. The molecule has 0 aliphatic rings. The van der Waals surface area contributed by atoms with E-state index in [-0.39, 0.29) is 0 Å². The molecule has 0 saturated carbocycles. The molecule has 2 N–H and O–H groups in total. The third kappa shape index (κ3) is 1.32. The quantitative estimate of drug-likeness (QED) is 0.722. The average molecular weight is 189 g/mol. The number of aromatic nitrogens is 4. The first-order chi connectivity index (χ1) is 6.68. The summed E-state index contributed by atoms with van der Waals surface area (Å²) in [5.74, 6) is 0.969. The minimum Gasteiger partial charge on any atom is -0.381 e. The average Bonchev–Trinajstić information content (AvgIpc) is 2.46. The fourth-order valence-corrected chi connectivity index (χ4v) is 1.35. The molecule has 0 spiro atoms. The van der Waals surface area contributed by atoms with E-state index in [9.17, 15) is 0 Å². The van der Waals surface area contributed by atoms with Crippen LogP contribution in [-0.4, -0.2) is 19.7 Å². The molecule has 0 amide bonds. The van der Waals surface area contributed by atoms with Crippen LogP contribution in [0, 0.1) is 13.8 Å². The van der Waals surface area contributed by atoms with Gasteiger partial charge in [0.25, 0.3) is 0 Å². The lowest BCUT2D eigenvalue weighted by Crippen LogP contribution is -2.07. The lowest BCUT2D eigenvalue weighted by Gasteiger charge is -2.04. The SMILES string of the molecule is Cc1cc(C)n(-c2nccnc2N)n1. The van der Waals surface area contributed by atoms with Crippen LogP contribution in [0.4, 0.5) is 5.82 Å². The highest BCUT2D eigenvalue weighted by atomic mass is 15.3. The Balaban J connectivity index is 2.60. The van der Waals surface area contributed by atoms with Gasteiger partial charge in [-0.3, -0.25) is 0 Å². The van der Waals surface area contributed by atoms with Crippen molar-refractivity contribution < 1.29 is 0 Å². The minimum absolute atomic E-state index is 0.388. The smallest absolute Gasteiger partial charge is 0.196 e. The van der Waals surface area contributed by atoms with Gasteiger partial charge in [0, 0.05) is 18.1 Å². The molecule has 0 saturated heterocycles. The predicted molar refractivity (Wildman–Crippen MR) is 53.0 cm³/mol. The summed E-state index contributed by atoms with van der Waals surface area (Å²) in [6.45, 7) is 3.88. The molecule has 2 rings (SSSR count). The van der Waals surface area contributed by atoms with Crippen LogP contribution in [0.2, 0.25) is 0 Å². The molecule has 5 nitrogen and oxygen atoms in total. The third-order valence-electron chi connectivity index (χ3n) is 1.92. The van der Waals surface area contributed by atoms with E-state index in [4.69, 9.17) is 5.73 Å². The maximum atomic E-state index is 5.70. The van der Waals surface area contributed by atoms with Gasteiger partial charge in [-0.2, -0.15) is 5.10 Å². The van der Waals surface area contributed by atoms with Gasteiger partial charge in [0.05, 0.1) is 5.69 Å². The lowest BCUT2D eigenvalue weighted by atomic mass is 10.4. The Morgan fingerprint density at radius 2 is 1.93 bits per heavy atom. The van der Waals surface area contributed by atoms with Gasteiger partial charge >= 0.3 is 0 Å². The first kappa shape index (κ1) is 8.68. The Labute approximate surface area is 81.6 Å². The minimum atomic E-state index is 0.388. The Morgan fingerprint density at radius 3 is 2.50 bits per heavy atom. The van der Waals surface area contributed by atoms with Crippen LogP contribution in [0.1, 0.15) is 11.4 Å². The normalized spacial score (nSPS) is 10.4. The van der Waals surface area contributed by atoms with Crippen molar-refractivity contribution in [2.45, 2.75) is 13.8 Å². The van der Waals surface area contributed by atoms with Crippen LogP contribution in [0.5, 0.6) is 0 Å². The fraction of sp³-hybridized carbons (Fsp3) is 0.222. The van der Waals surface area contributed by atoms with Gasteiger partial charge in [0.1, 0.15) is 0 Å². The first-order valence-corrected chi connectivity index (χ1v) is 4.28. The molecule has 2 aromatic rings. The number of rotatable bonds is 1. The Hall–Kier alpha value is -1.91. The van der Waals surface area contributed by atoms with Gasteiger partial charge in [0.15, 0.2) is 11.6 Å². The second-order valence-corrected chi connectivity index (χ2v) is 3.10. The molecule has 2 heterocycles.